The van der Waals surface area contributed by atoms with Crippen LogP contribution in [0.3, 0.4) is 0 Å². The molecule has 1 atom stereocenters. The Morgan fingerprint density at radius 1 is 1.36 bits per heavy atom. The second kappa shape index (κ2) is 8.28. The lowest BCUT2D eigenvalue weighted by molar-refractivity contribution is -0.123. The largest absolute Gasteiger partial charge is 0.337 e. The first-order chi connectivity index (χ1) is 13.2. The van der Waals surface area contributed by atoms with E-state index in [9.17, 15) is 18.5 Å². The zero-order chi connectivity index (χ0) is 20.5. The van der Waals surface area contributed by atoms with E-state index in [0.29, 0.717) is 17.6 Å². The molecule has 0 spiro atoms. The van der Waals surface area contributed by atoms with Gasteiger partial charge in [0.2, 0.25) is 15.9 Å². The van der Waals surface area contributed by atoms with Gasteiger partial charge < -0.3 is 5.32 Å². The van der Waals surface area contributed by atoms with Crippen molar-refractivity contribution in [2.24, 2.45) is 5.92 Å². The number of nitrogens with one attached hydrogen (secondary N) is 1. The average molecular weight is 490 g/mol. The molecule has 2 fully saturated rings. The number of nitrogens with zero attached hydrogens (tertiary/aromatic N) is 3. The van der Waals surface area contributed by atoms with E-state index in [1.807, 2.05) is 4.90 Å². The van der Waals surface area contributed by atoms with Crippen molar-refractivity contribution in [2.75, 3.05) is 32.7 Å². The molecule has 1 heterocycles. The van der Waals surface area contributed by atoms with E-state index in [1.54, 1.807) is 19.1 Å². The topological polar surface area (TPSA) is 93.5 Å². The van der Waals surface area contributed by atoms with Crippen molar-refractivity contribution >= 4 is 43.5 Å². The van der Waals surface area contributed by atoms with Crippen LogP contribution < -0.4 is 5.32 Å². The van der Waals surface area contributed by atoms with Crippen LogP contribution in [0.15, 0.2) is 27.6 Å². The van der Waals surface area contributed by atoms with E-state index in [-0.39, 0.29) is 41.4 Å². The first-order valence-corrected chi connectivity index (χ1v) is 11.7. The van der Waals surface area contributed by atoms with E-state index < -0.39 is 15.6 Å². The van der Waals surface area contributed by atoms with Gasteiger partial charge in [-0.3, -0.25) is 9.69 Å². The first-order valence-electron chi connectivity index (χ1n) is 9.05. The minimum absolute atomic E-state index is 0.0813. The molecule has 1 amide bonds. The maximum Gasteiger partial charge on any atom is 0.244 e. The standard InChI is InChI=1S/C18H22BrClN4O3S/c1-18(12-21,13-2-3-13)22-17(25)11-23-6-8-24(9-7-23)28(26,27)16-5-4-14(19)10-15(16)20/h4-5,10,13H,2-3,6-9,11H2,1H3,(H,22,25)/t18-/m1/s1. The van der Waals surface area contributed by atoms with Crippen LogP contribution >= 0.6 is 27.5 Å². The lowest BCUT2D eigenvalue weighted by atomic mass is 9.98. The molecular weight excluding hydrogens is 468 g/mol. The number of sulfonamides is 1. The van der Waals surface area contributed by atoms with Gasteiger partial charge in [0.25, 0.3) is 0 Å². The fourth-order valence-electron chi connectivity index (χ4n) is 3.37. The molecule has 152 valence electrons. The van der Waals surface area contributed by atoms with Gasteiger partial charge in [-0.1, -0.05) is 27.5 Å². The van der Waals surface area contributed by atoms with E-state index in [4.69, 9.17) is 11.6 Å². The van der Waals surface area contributed by atoms with Crippen LogP contribution in [0.5, 0.6) is 0 Å². The number of carbonyl (C=O) groups is 1. The monoisotopic (exact) mass is 488 g/mol. The van der Waals surface area contributed by atoms with Gasteiger partial charge in [-0.25, -0.2) is 8.42 Å². The highest BCUT2D eigenvalue weighted by Gasteiger charge is 2.43. The van der Waals surface area contributed by atoms with Crippen molar-refractivity contribution in [3.63, 3.8) is 0 Å². The van der Waals surface area contributed by atoms with E-state index in [0.717, 1.165) is 12.8 Å². The summed E-state index contributed by atoms with van der Waals surface area (Å²) in [6.45, 7) is 3.34. The number of halogens is 2. The predicted octanol–water partition coefficient (Wildman–Crippen LogP) is 2.22. The second-order valence-corrected chi connectivity index (χ2v) is 10.6. The van der Waals surface area contributed by atoms with E-state index in [2.05, 4.69) is 27.3 Å². The SMILES string of the molecule is C[C@](C#N)(NC(=O)CN1CCN(S(=O)(=O)c2ccc(Br)cc2Cl)CC1)C1CC1. The minimum Gasteiger partial charge on any atom is -0.337 e. The Morgan fingerprint density at radius 3 is 2.54 bits per heavy atom. The Balaban J connectivity index is 1.57. The summed E-state index contributed by atoms with van der Waals surface area (Å²) in [6.07, 6.45) is 1.92. The average Bonchev–Trinajstić information content (AvgIpc) is 3.47. The molecule has 1 aromatic rings. The third kappa shape index (κ3) is 4.69. The minimum atomic E-state index is -3.69. The fourth-order valence-corrected chi connectivity index (χ4v) is 5.80. The summed E-state index contributed by atoms with van der Waals surface area (Å²) in [6, 6.07) is 6.90. The van der Waals surface area contributed by atoms with Gasteiger partial charge in [0.15, 0.2) is 0 Å². The van der Waals surface area contributed by atoms with Gasteiger partial charge in [-0.05, 0) is 43.9 Å². The van der Waals surface area contributed by atoms with Gasteiger partial charge in [-0.2, -0.15) is 9.57 Å². The molecule has 0 bridgehead atoms. The summed E-state index contributed by atoms with van der Waals surface area (Å²) in [5.74, 6) is 0.0160. The zero-order valence-electron chi connectivity index (χ0n) is 15.5. The molecule has 3 rings (SSSR count). The third-order valence-corrected chi connectivity index (χ3v) is 8.11. The summed E-state index contributed by atoms with van der Waals surface area (Å²) in [4.78, 5) is 14.3. The summed E-state index contributed by atoms with van der Waals surface area (Å²) < 4.78 is 27.8. The molecule has 28 heavy (non-hydrogen) atoms. The molecule has 1 aliphatic carbocycles. The number of benzene rings is 1. The lowest BCUT2D eigenvalue weighted by Gasteiger charge is -2.34. The van der Waals surface area contributed by atoms with Crippen LogP contribution in [0.4, 0.5) is 0 Å². The molecule has 1 aromatic carbocycles. The molecule has 1 aliphatic heterocycles. The molecule has 2 aliphatic rings. The van der Waals surface area contributed by atoms with Gasteiger partial charge >= 0.3 is 0 Å². The van der Waals surface area contributed by atoms with Crippen molar-refractivity contribution in [1.29, 1.82) is 5.26 Å². The number of amides is 1. The van der Waals surface area contributed by atoms with Crippen LogP contribution in [-0.2, 0) is 14.8 Å². The number of nitriles is 1. The van der Waals surface area contributed by atoms with Crippen LogP contribution in [0.2, 0.25) is 5.02 Å². The predicted molar refractivity (Wildman–Crippen MR) is 109 cm³/mol. The lowest BCUT2D eigenvalue weighted by Crippen LogP contribution is -2.54. The molecule has 0 aromatic heterocycles. The van der Waals surface area contributed by atoms with E-state index in [1.165, 1.54) is 10.4 Å². The highest BCUT2D eigenvalue weighted by Crippen LogP contribution is 2.39. The Morgan fingerprint density at radius 2 is 2.00 bits per heavy atom. The second-order valence-electron chi connectivity index (χ2n) is 7.39. The number of hydrogen-bond donors (Lipinski definition) is 1. The van der Waals surface area contributed by atoms with Crippen LogP contribution in [0, 0.1) is 17.2 Å². The Bertz CT molecular complexity index is 908. The van der Waals surface area contributed by atoms with Gasteiger partial charge in [0.05, 0.1) is 17.6 Å². The highest BCUT2D eigenvalue weighted by molar-refractivity contribution is 9.10. The quantitative estimate of drug-likeness (QED) is 0.661. The molecule has 1 N–H and O–H groups in total. The molecule has 0 unspecified atom stereocenters. The molecule has 7 nitrogen and oxygen atoms in total. The number of carbonyl (C=O) groups excluding carboxylic acids is 1. The van der Waals surface area contributed by atoms with Crippen molar-refractivity contribution in [3.05, 3.63) is 27.7 Å². The van der Waals surface area contributed by atoms with Gasteiger partial charge in [0, 0.05) is 30.7 Å². The molecule has 0 radical (unpaired) electrons. The van der Waals surface area contributed by atoms with Crippen molar-refractivity contribution in [1.82, 2.24) is 14.5 Å². The summed E-state index contributed by atoms with van der Waals surface area (Å²) in [7, 11) is -3.69. The Kier molecular flexibility index (Phi) is 6.37. The number of rotatable bonds is 6. The normalized spacial score (nSPS) is 20.9. The van der Waals surface area contributed by atoms with Gasteiger partial charge in [-0.15, -0.1) is 0 Å². The maximum absolute atomic E-state index is 12.8. The zero-order valence-corrected chi connectivity index (χ0v) is 18.6. The summed E-state index contributed by atoms with van der Waals surface area (Å²) in [5, 5.41) is 12.4. The van der Waals surface area contributed by atoms with Gasteiger partial charge in [0.1, 0.15) is 10.4 Å². The van der Waals surface area contributed by atoms with E-state index >= 15 is 0 Å². The molecule has 10 heteroatoms. The van der Waals surface area contributed by atoms with Crippen molar-refractivity contribution < 1.29 is 13.2 Å². The smallest absolute Gasteiger partial charge is 0.244 e. The third-order valence-electron chi connectivity index (χ3n) is 5.24. The molecule has 1 saturated heterocycles. The van der Waals surface area contributed by atoms with Crippen LogP contribution in [0.1, 0.15) is 19.8 Å². The summed E-state index contributed by atoms with van der Waals surface area (Å²) in [5.41, 5.74) is -0.819. The Labute approximate surface area is 178 Å². The van der Waals surface area contributed by atoms with Crippen molar-refractivity contribution in [2.45, 2.75) is 30.2 Å². The highest BCUT2D eigenvalue weighted by atomic mass is 79.9. The number of hydrogen-bond acceptors (Lipinski definition) is 5. The fraction of sp³-hybridized carbons (Fsp3) is 0.556. The van der Waals surface area contributed by atoms with Crippen molar-refractivity contribution in [3.8, 4) is 6.07 Å². The Hall–Kier alpha value is -1.18. The van der Waals surface area contributed by atoms with Crippen LogP contribution in [0.25, 0.3) is 0 Å². The maximum atomic E-state index is 12.8. The first kappa shape index (κ1) is 21.5. The number of piperazine rings is 1. The molecule has 1 saturated carbocycles. The van der Waals surface area contributed by atoms with Crippen LogP contribution in [-0.4, -0.2) is 61.8 Å². The summed E-state index contributed by atoms with van der Waals surface area (Å²) >= 11 is 9.38. The molecular formula is C18H22BrClN4O3S.